The number of rotatable bonds is 10. The van der Waals surface area contributed by atoms with Gasteiger partial charge < -0.3 is 30.1 Å². The number of ether oxygens (including phenoxy) is 2. The lowest BCUT2D eigenvalue weighted by molar-refractivity contribution is -0.142. The van der Waals surface area contributed by atoms with Crippen molar-refractivity contribution in [1.29, 1.82) is 0 Å². The van der Waals surface area contributed by atoms with Crippen LogP contribution in [0.5, 0.6) is 11.5 Å². The molecule has 8 rings (SSSR count). The highest BCUT2D eigenvalue weighted by molar-refractivity contribution is 6.02. The summed E-state index contributed by atoms with van der Waals surface area (Å²) in [5, 5.41) is 24.2. The number of aliphatic carboxylic acids is 1. The van der Waals surface area contributed by atoms with Gasteiger partial charge in [0.05, 0.1) is 55.4 Å². The number of nitrogens with zero attached hydrogens (tertiary/aromatic N) is 7. The number of amides is 3. The number of carboxylic acid groups (broad SMARTS) is 1. The largest absolute Gasteiger partial charge is 0.489 e. The summed E-state index contributed by atoms with van der Waals surface area (Å²) in [5.74, 6) is -0.867. The fraction of sp³-hybridized carbons (Fsp3) is 0.400. The van der Waals surface area contributed by atoms with E-state index >= 15 is 0 Å². The third kappa shape index (κ3) is 7.87. The molecular formula is C40H43N9O8. The Morgan fingerprint density at radius 1 is 0.947 bits per heavy atom. The maximum atomic E-state index is 13.6. The average Bonchev–Trinajstić information content (AvgIpc) is 3.70. The van der Waals surface area contributed by atoms with Gasteiger partial charge in [-0.15, -0.1) is 10.2 Å². The number of piperidine rings is 1. The molecule has 0 unspecified atom stereocenters. The number of benzene rings is 2. The smallest absolute Gasteiger partial charge is 0.311 e. The van der Waals surface area contributed by atoms with E-state index in [9.17, 15) is 24.0 Å². The molecular weight excluding hydrogens is 734 g/mol. The SMILES string of the molecule is Nc1nnc(-c2ccccc2OC(=O)CCC(=O)O)cc1-n1cc(N2CCN(C3CCC(c4cccc5c4OCCN5[C@H]4CCC(=O)NC4=O)CC3)CC2=O)cn1. The predicted molar refractivity (Wildman–Crippen MR) is 206 cm³/mol. The van der Waals surface area contributed by atoms with E-state index in [-0.39, 0.29) is 54.7 Å². The number of fused-ring (bicyclic) bond motifs is 1. The van der Waals surface area contributed by atoms with Crippen molar-refractivity contribution in [3.8, 4) is 28.4 Å². The summed E-state index contributed by atoms with van der Waals surface area (Å²) in [5.41, 5.74) is 10.1. The van der Waals surface area contributed by atoms with Crippen LogP contribution >= 0.6 is 0 Å². The number of imide groups is 1. The Balaban J connectivity index is 0.896. The first-order valence-corrected chi connectivity index (χ1v) is 19.2. The van der Waals surface area contributed by atoms with Gasteiger partial charge in [0, 0.05) is 31.1 Å². The Morgan fingerprint density at radius 2 is 1.77 bits per heavy atom. The van der Waals surface area contributed by atoms with Gasteiger partial charge in [-0.25, -0.2) is 4.68 Å². The van der Waals surface area contributed by atoms with E-state index < -0.39 is 18.0 Å². The van der Waals surface area contributed by atoms with Crippen molar-refractivity contribution in [2.24, 2.45) is 0 Å². The first-order valence-electron chi connectivity index (χ1n) is 19.2. The van der Waals surface area contributed by atoms with Crippen LogP contribution in [0, 0.1) is 0 Å². The van der Waals surface area contributed by atoms with Crippen LogP contribution in [0.15, 0.2) is 60.9 Å². The Bertz CT molecular complexity index is 2220. The average molecular weight is 778 g/mol. The third-order valence-corrected chi connectivity index (χ3v) is 11.3. The highest BCUT2D eigenvalue weighted by Crippen LogP contribution is 2.45. The summed E-state index contributed by atoms with van der Waals surface area (Å²) >= 11 is 0. The molecule has 2 aromatic carbocycles. The molecule has 1 atom stereocenters. The molecule has 0 radical (unpaired) electrons. The zero-order valence-electron chi connectivity index (χ0n) is 31.2. The molecule has 2 saturated heterocycles. The normalized spacial score (nSPS) is 21.4. The van der Waals surface area contributed by atoms with Gasteiger partial charge >= 0.3 is 11.9 Å². The number of hydrogen-bond acceptors (Lipinski definition) is 13. The van der Waals surface area contributed by atoms with Crippen molar-refractivity contribution in [3.05, 3.63) is 66.5 Å². The van der Waals surface area contributed by atoms with Gasteiger partial charge in [0.1, 0.15) is 29.8 Å². The number of piperazine rings is 1. The molecule has 5 heterocycles. The lowest BCUT2D eigenvalue weighted by Gasteiger charge is -2.42. The first kappa shape index (κ1) is 37.6. The second-order valence-corrected chi connectivity index (χ2v) is 14.7. The van der Waals surface area contributed by atoms with E-state index in [0.717, 1.165) is 42.7 Å². The van der Waals surface area contributed by atoms with Gasteiger partial charge in [-0.1, -0.05) is 24.3 Å². The van der Waals surface area contributed by atoms with Crippen molar-refractivity contribution in [3.63, 3.8) is 0 Å². The molecule has 1 saturated carbocycles. The predicted octanol–water partition coefficient (Wildman–Crippen LogP) is 3.06. The highest BCUT2D eigenvalue weighted by atomic mass is 16.5. The number of esters is 1. The number of hydrogen-bond donors (Lipinski definition) is 3. The number of nitrogens with two attached hydrogens (primary N) is 1. The maximum Gasteiger partial charge on any atom is 0.311 e. The zero-order chi connectivity index (χ0) is 39.6. The molecule has 3 amide bonds. The van der Waals surface area contributed by atoms with Crippen molar-refractivity contribution in [2.75, 3.05) is 48.3 Å². The Morgan fingerprint density at radius 3 is 2.56 bits per heavy atom. The van der Waals surface area contributed by atoms with Crippen molar-refractivity contribution in [2.45, 2.75) is 69.4 Å². The Labute approximate surface area is 327 Å². The van der Waals surface area contributed by atoms with Crippen LogP contribution < -0.4 is 30.3 Å². The van der Waals surface area contributed by atoms with Crippen LogP contribution in [0.25, 0.3) is 16.9 Å². The molecule has 4 aliphatic rings. The number of nitrogens with one attached hydrogen (secondary N) is 1. The number of aromatic nitrogens is 4. The van der Waals surface area contributed by atoms with Crippen molar-refractivity contribution in [1.82, 2.24) is 30.2 Å². The quantitative estimate of drug-likeness (QED) is 0.120. The lowest BCUT2D eigenvalue weighted by Crippen LogP contribution is -2.54. The van der Waals surface area contributed by atoms with E-state index in [1.165, 1.54) is 4.68 Å². The molecule has 17 heteroatoms. The van der Waals surface area contributed by atoms with Crippen LogP contribution in [-0.4, -0.2) is 105 Å². The van der Waals surface area contributed by atoms with Crippen LogP contribution in [0.4, 0.5) is 17.2 Å². The van der Waals surface area contributed by atoms with Gasteiger partial charge in [-0.05, 0) is 67.9 Å². The molecule has 17 nitrogen and oxygen atoms in total. The van der Waals surface area contributed by atoms with Gasteiger partial charge in [0.25, 0.3) is 0 Å². The monoisotopic (exact) mass is 777 g/mol. The number of carbonyl (C=O) groups is 5. The zero-order valence-corrected chi connectivity index (χ0v) is 31.2. The maximum absolute atomic E-state index is 13.6. The highest BCUT2D eigenvalue weighted by Gasteiger charge is 2.38. The Hall–Kier alpha value is -6.36. The molecule has 3 fully saturated rings. The summed E-state index contributed by atoms with van der Waals surface area (Å²) < 4.78 is 13.2. The molecule has 0 spiro atoms. The molecule has 2 aromatic heterocycles. The van der Waals surface area contributed by atoms with E-state index in [1.54, 1.807) is 47.6 Å². The minimum atomic E-state index is -1.10. The van der Waals surface area contributed by atoms with Gasteiger partial charge in [0.2, 0.25) is 17.7 Å². The van der Waals surface area contributed by atoms with E-state index in [4.69, 9.17) is 20.3 Å². The second kappa shape index (κ2) is 16.0. The summed E-state index contributed by atoms with van der Waals surface area (Å²) in [7, 11) is 0. The van der Waals surface area contributed by atoms with E-state index in [1.807, 2.05) is 12.1 Å². The number of anilines is 3. The summed E-state index contributed by atoms with van der Waals surface area (Å²) in [6.45, 7) is 2.55. The minimum absolute atomic E-state index is 0.0258. The summed E-state index contributed by atoms with van der Waals surface area (Å²) in [4.78, 5) is 67.4. The van der Waals surface area contributed by atoms with E-state index in [0.29, 0.717) is 67.6 Å². The molecule has 1 aliphatic carbocycles. The molecule has 4 aromatic rings. The van der Waals surface area contributed by atoms with E-state index in [2.05, 4.69) is 36.5 Å². The number of carboxylic acids is 1. The van der Waals surface area contributed by atoms with Gasteiger partial charge in [0.15, 0.2) is 5.82 Å². The molecule has 4 N–H and O–H groups in total. The van der Waals surface area contributed by atoms with Gasteiger partial charge in [-0.2, -0.15) is 5.10 Å². The number of nitrogen functional groups attached to an aromatic ring is 1. The third-order valence-electron chi connectivity index (χ3n) is 11.3. The van der Waals surface area contributed by atoms with Crippen LogP contribution in [0.3, 0.4) is 0 Å². The Kier molecular flexibility index (Phi) is 10.6. The van der Waals surface area contributed by atoms with Crippen molar-refractivity contribution >= 4 is 46.9 Å². The topological polar surface area (TPSA) is 215 Å². The minimum Gasteiger partial charge on any atom is -0.489 e. The second-order valence-electron chi connectivity index (χ2n) is 14.7. The lowest BCUT2D eigenvalue weighted by atomic mass is 9.80. The molecule has 0 bridgehead atoms. The van der Waals surface area contributed by atoms with Crippen LogP contribution in [0.2, 0.25) is 0 Å². The molecule has 296 valence electrons. The summed E-state index contributed by atoms with van der Waals surface area (Å²) in [6.07, 6.45) is 7.30. The van der Waals surface area contributed by atoms with Crippen LogP contribution in [-0.2, 0) is 24.0 Å². The van der Waals surface area contributed by atoms with Gasteiger partial charge in [-0.3, -0.25) is 34.2 Å². The first-order chi connectivity index (χ1) is 27.6. The molecule has 57 heavy (non-hydrogen) atoms. The van der Waals surface area contributed by atoms with Crippen LogP contribution in [0.1, 0.15) is 62.8 Å². The van der Waals surface area contributed by atoms with Crippen molar-refractivity contribution < 1.29 is 38.6 Å². The number of para-hydroxylation sites is 2. The molecule has 3 aliphatic heterocycles. The fourth-order valence-electron chi connectivity index (χ4n) is 8.39. The summed E-state index contributed by atoms with van der Waals surface area (Å²) in [6, 6.07) is 14.4. The standard InChI is InChI=1S/C40H43N9O8/c41-39-32(20-29(44-45-39)28-4-1-2-7-33(28)57-37(54)15-14-36(52)53)49-22-26(21-42-49)47-17-16-46(23-35(47)51)25-10-8-24(9-11-25)27-5-3-6-30-38(27)56-19-18-48(30)31-12-13-34(50)43-40(31)55/h1-7,20-22,24-25,31H,8-19,23H2,(H2,41,45)(H,52,53)(H,43,50,55)/t24?,25?,31-/m0/s1. The number of carbonyl (C=O) groups excluding carboxylic acids is 4. The fourth-order valence-corrected chi connectivity index (χ4v) is 8.39.